The number of fused-ring (bicyclic) bond motifs is 1. The van der Waals surface area contributed by atoms with Gasteiger partial charge in [0.05, 0.1) is 24.0 Å². The van der Waals surface area contributed by atoms with Crippen LogP contribution in [0.1, 0.15) is 32.4 Å². The topological polar surface area (TPSA) is 56.6 Å². The average molecular weight is 467 g/mol. The number of likely N-dealkylation sites (N-methyl/N-ethyl adjacent to an activating group) is 1. The van der Waals surface area contributed by atoms with Gasteiger partial charge >= 0.3 is 6.61 Å². The van der Waals surface area contributed by atoms with E-state index in [4.69, 9.17) is 4.74 Å². The van der Waals surface area contributed by atoms with Crippen LogP contribution in [0.15, 0.2) is 36.7 Å². The zero-order chi connectivity index (χ0) is 24.3. The highest BCUT2D eigenvalue weighted by Crippen LogP contribution is 2.31. The van der Waals surface area contributed by atoms with E-state index in [1.807, 2.05) is 13.8 Å². The molecule has 1 aromatic heterocycles. The number of hydrogen-bond donors (Lipinski definition) is 0. The number of aromatic nitrogens is 2. The summed E-state index contributed by atoms with van der Waals surface area (Å²) in [5.41, 5.74) is 1.19. The molecule has 0 radical (unpaired) electrons. The summed E-state index contributed by atoms with van der Waals surface area (Å²) in [4.78, 5) is 18.9. The van der Waals surface area contributed by atoms with E-state index in [9.17, 15) is 22.4 Å². The molecule has 10 heteroatoms. The van der Waals surface area contributed by atoms with Crippen LogP contribution in [0.25, 0.3) is 11.0 Å². The Morgan fingerprint density at radius 1 is 1.12 bits per heavy atom. The van der Waals surface area contributed by atoms with Crippen molar-refractivity contribution < 1.29 is 31.8 Å². The summed E-state index contributed by atoms with van der Waals surface area (Å²) in [6, 6.07) is 5.77. The van der Waals surface area contributed by atoms with Gasteiger partial charge in [0.1, 0.15) is 6.04 Å². The van der Waals surface area contributed by atoms with Gasteiger partial charge in [-0.3, -0.25) is 4.79 Å². The Balaban J connectivity index is 1.87. The van der Waals surface area contributed by atoms with Crippen LogP contribution in [-0.2, 0) is 11.3 Å². The van der Waals surface area contributed by atoms with Crippen molar-refractivity contribution in [2.45, 2.75) is 40.0 Å². The Kier molecular flexibility index (Phi) is 7.45. The largest absolute Gasteiger partial charge is 0.490 e. The Morgan fingerprint density at radius 2 is 1.82 bits per heavy atom. The highest BCUT2D eigenvalue weighted by Gasteiger charge is 2.29. The van der Waals surface area contributed by atoms with E-state index in [2.05, 4.69) is 9.72 Å². The summed E-state index contributed by atoms with van der Waals surface area (Å²) >= 11 is 0. The summed E-state index contributed by atoms with van der Waals surface area (Å²) in [5, 5.41) is 0. The Hall–Kier alpha value is -3.30. The Labute approximate surface area is 188 Å². The van der Waals surface area contributed by atoms with Gasteiger partial charge in [-0.2, -0.15) is 8.78 Å². The summed E-state index contributed by atoms with van der Waals surface area (Å²) in [6.07, 6.45) is 1.39. The summed E-state index contributed by atoms with van der Waals surface area (Å²) in [5.74, 6) is -2.45. The average Bonchev–Trinajstić information content (AvgIpc) is 3.12. The predicted octanol–water partition coefficient (Wildman–Crippen LogP) is 5.17. The van der Waals surface area contributed by atoms with Gasteiger partial charge in [0.2, 0.25) is 5.91 Å². The molecule has 0 fully saturated rings. The molecular weight excluding hydrogens is 442 g/mol. The van der Waals surface area contributed by atoms with Gasteiger partial charge in [-0.05, 0) is 30.5 Å². The minimum atomic E-state index is -2.99. The SMILES string of the molecule is CCOc1cc(CN(C)C(=O)C(C(C)C)n2cnc3cc(F)c(F)cc32)ccc1OC(F)F. The highest BCUT2D eigenvalue weighted by molar-refractivity contribution is 5.84. The van der Waals surface area contributed by atoms with Crippen LogP contribution in [0.4, 0.5) is 17.6 Å². The Morgan fingerprint density at radius 3 is 2.45 bits per heavy atom. The number of amides is 1. The number of nitrogens with zero attached hydrogens (tertiary/aromatic N) is 3. The molecule has 1 unspecified atom stereocenters. The first kappa shape index (κ1) is 24.3. The standard InChI is InChI=1S/C23H25F4N3O3/c1-5-32-20-8-14(6-7-19(20)33-23(26)27)11-29(4)22(31)21(13(2)3)30-12-28-17-9-15(24)16(25)10-18(17)30/h6-10,12-13,21,23H,5,11H2,1-4H3. The van der Waals surface area contributed by atoms with Gasteiger partial charge in [-0.25, -0.2) is 13.8 Å². The van der Waals surface area contributed by atoms with E-state index in [1.54, 1.807) is 26.1 Å². The number of halogens is 4. The van der Waals surface area contributed by atoms with Gasteiger partial charge < -0.3 is 18.9 Å². The molecule has 0 saturated heterocycles. The molecule has 1 heterocycles. The number of carbonyl (C=O) groups excluding carboxylic acids is 1. The molecule has 1 atom stereocenters. The quantitative estimate of drug-likeness (QED) is 0.408. The van der Waals surface area contributed by atoms with Crippen LogP contribution in [0, 0.1) is 17.6 Å². The monoisotopic (exact) mass is 467 g/mol. The molecule has 1 amide bonds. The minimum absolute atomic E-state index is 0.0937. The predicted molar refractivity (Wildman–Crippen MR) is 114 cm³/mol. The van der Waals surface area contributed by atoms with Crippen LogP contribution in [-0.4, -0.2) is 40.6 Å². The lowest BCUT2D eigenvalue weighted by molar-refractivity contribution is -0.135. The number of benzene rings is 2. The maximum Gasteiger partial charge on any atom is 0.387 e. The fraction of sp³-hybridized carbons (Fsp3) is 0.391. The maximum absolute atomic E-state index is 13.8. The molecule has 2 aromatic carbocycles. The van der Waals surface area contributed by atoms with E-state index in [1.165, 1.54) is 21.9 Å². The van der Waals surface area contributed by atoms with Gasteiger partial charge in [0, 0.05) is 25.7 Å². The first-order chi connectivity index (χ1) is 15.6. The maximum atomic E-state index is 13.8. The lowest BCUT2D eigenvalue weighted by Gasteiger charge is -2.28. The number of hydrogen-bond acceptors (Lipinski definition) is 4. The third-order valence-corrected chi connectivity index (χ3v) is 5.12. The smallest absolute Gasteiger partial charge is 0.387 e. The fourth-order valence-electron chi connectivity index (χ4n) is 3.66. The number of carbonyl (C=O) groups is 1. The van der Waals surface area contributed by atoms with Gasteiger partial charge in [0.25, 0.3) is 0 Å². The first-order valence-electron chi connectivity index (χ1n) is 10.4. The second kappa shape index (κ2) is 10.1. The van der Waals surface area contributed by atoms with Crippen molar-refractivity contribution in [1.29, 1.82) is 0 Å². The second-order valence-electron chi connectivity index (χ2n) is 7.88. The lowest BCUT2D eigenvalue weighted by atomic mass is 10.0. The molecule has 6 nitrogen and oxygen atoms in total. The zero-order valence-corrected chi connectivity index (χ0v) is 18.7. The second-order valence-corrected chi connectivity index (χ2v) is 7.88. The van der Waals surface area contributed by atoms with Crippen molar-refractivity contribution >= 4 is 16.9 Å². The molecule has 0 aliphatic rings. The molecule has 0 aliphatic carbocycles. The molecule has 0 N–H and O–H groups in total. The first-order valence-corrected chi connectivity index (χ1v) is 10.4. The van der Waals surface area contributed by atoms with E-state index in [-0.39, 0.29) is 42.0 Å². The highest BCUT2D eigenvalue weighted by atomic mass is 19.3. The Bertz CT molecular complexity index is 1130. The molecular formula is C23H25F4N3O3. The van der Waals surface area contributed by atoms with E-state index in [0.717, 1.165) is 12.1 Å². The lowest BCUT2D eigenvalue weighted by Crippen LogP contribution is -2.36. The summed E-state index contributed by atoms with van der Waals surface area (Å²) < 4.78 is 64.1. The van der Waals surface area contributed by atoms with Crippen LogP contribution in [0.3, 0.4) is 0 Å². The van der Waals surface area contributed by atoms with Crippen molar-refractivity contribution in [2.24, 2.45) is 5.92 Å². The molecule has 33 heavy (non-hydrogen) atoms. The van der Waals surface area contributed by atoms with Crippen LogP contribution >= 0.6 is 0 Å². The summed E-state index contributed by atoms with van der Waals surface area (Å²) in [6.45, 7) is 2.81. The number of rotatable bonds is 9. The van der Waals surface area contributed by atoms with Crippen LogP contribution in [0.5, 0.6) is 11.5 Å². The van der Waals surface area contributed by atoms with Crippen molar-refractivity contribution in [3.63, 3.8) is 0 Å². The normalized spacial score (nSPS) is 12.4. The molecule has 3 aromatic rings. The van der Waals surface area contributed by atoms with E-state index in [0.29, 0.717) is 11.1 Å². The van der Waals surface area contributed by atoms with Gasteiger partial charge in [-0.15, -0.1) is 0 Å². The molecule has 178 valence electrons. The number of ether oxygens (including phenoxy) is 2. The van der Waals surface area contributed by atoms with Crippen molar-refractivity contribution in [3.05, 3.63) is 53.9 Å². The molecule has 0 aliphatic heterocycles. The third-order valence-electron chi connectivity index (χ3n) is 5.12. The van der Waals surface area contributed by atoms with Crippen LogP contribution < -0.4 is 9.47 Å². The molecule has 0 spiro atoms. The summed E-state index contributed by atoms with van der Waals surface area (Å²) in [7, 11) is 1.60. The number of alkyl halides is 2. The molecule has 0 bridgehead atoms. The van der Waals surface area contributed by atoms with Crippen molar-refractivity contribution in [3.8, 4) is 11.5 Å². The van der Waals surface area contributed by atoms with Crippen molar-refractivity contribution in [2.75, 3.05) is 13.7 Å². The third kappa shape index (κ3) is 5.37. The van der Waals surface area contributed by atoms with E-state index >= 15 is 0 Å². The van der Waals surface area contributed by atoms with Gasteiger partial charge in [-0.1, -0.05) is 19.9 Å². The van der Waals surface area contributed by atoms with Crippen LogP contribution in [0.2, 0.25) is 0 Å². The molecule has 3 rings (SSSR count). The van der Waals surface area contributed by atoms with Gasteiger partial charge in [0.15, 0.2) is 23.1 Å². The zero-order valence-electron chi connectivity index (χ0n) is 18.7. The number of imidazole rings is 1. The minimum Gasteiger partial charge on any atom is -0.490 e. The van der Waals surface area contributed by atoms with Crippen molar-refractivity contribution in [1.82, 2.24) is 14.5 Å². The fourth-order valence-corrected chi connectivity index (χ4v) is 3.66. The molecule has 0 saturated carbocycles. The van der Waals surface area contributed by atoms with E-state index < -0.39 is 24.3 Å².